The molecule has 4 rings (SSSR count). The highest BCUT2D eigenvalue weighted by Gasteiger charge is 2.53. The number of carbonyl (C=O) groups excluding carboxylic acids is 1. The molecule has 0 unspecified atom stereocenters. The molecule has 2 aliphatic heterocycles. The van der Waals surface area contributed by atoms with Gasteiger partial charge in [-0.15, -0.1) is 0 Å². The molecule has 2 aromatic rings. The fourth-order valence-electron chi connectivity index (χ4n) is 4.39. The Morgan fingerprint density at radius 1 is 1.28 bits per heavy atom. The van der Waals surface area contributed by atoms with E-state index in [1.807, 2.05) is 24.7 Å². The van der Waals surface area contributed by atoms with Gasteiger partial charge in [-0.3, -0.25) is 14.7 Å². The van der Waals surface area contributed by atoms with Crippen molar-refractivity contribution in [3.05, 3.63) is 42.5 Å². The molecule has 0 radical (unpaired) electrons. The molecule has 2 aliphatic rings. The highest BCUT2D eigenvalue weighted by Crippen LogP contribution is 2.40. The molecule has 0 saturated carbocycles. The number of likely N-dealkylation sites (tertiary alicyclic amines) is 1. The topological polar surface area (TPSA) is 105 Å². The standard InChI is InChI=1S/C20H28N6O3/c1-19(24-17(27)15-13-21-6-7-22-15)5-12-29-20(18(19)28)3-9-26(10-4-20)14-16-23-8-11-25(16)2/h6-8,11,13,18,28H,3-5,9-10,12,14H2,1-2H3,(H,24,27)/t18-,19+/m1/s1. The molecule has 29 heavy (non-hydrogen) atoms. The zero-order valence-corrected chi connectivity index (χ0v) is 16.9. The van der Waals surface area contributed by atoms with Gasteiger partial charge in [0.1, 0.15) is 17.6 Å². The third kappa shape index (κ3) is 3.90. The normalized spacial score (nSPS) is 27.1. The lowest BCUT2D eigenvalue weighted by atomic mass is 9.73. The average Bonchev–Trinajstić information content (AvgIpc) is 3.13. The van der Waals surface area contributed by atoms with Crippen LogP contribution in [-0.4, -0.2) is 72.4 Å². The summed E-state index contributed by atoms with van der Waals surface area (Å²) in [7, 11) is 1.99. The van der Waals surface area contributed by atoms with Crippen molar-refractivity contribution >= 4 is 5.91 Å². The van der Waals surface area contributed by atoms with Crippen molar-refractivity contribution in [3.63, 3.8) is 0 Å². The van der Waals surface area contributed by atoms with E-state index in [2.05, 4.69) is 25.2 Å². The van der Waals surface area contributed by atoms with Gasteiger partial charge in [-0.1, -0.05) is 0 Å². The molecule has 0 aliphatic carbocycles. The van der Waals surface area contributed by atoms with Crippen LogP contribution in [0.2, 0.25) is 0 Å². The highest BCUT2D eigenvalue weighted by atomic mass is 16.5. The van der Waals surface area contributed by atoms with Crippen LogP contribution in [0.25, 0.3) is 0 Å². The van der Waals surface area contributed by atoms with Gasteiger partial charge < -0.3 is 19.7 Å². The van der Waals surface area contributed by atoms with Gasteiger partial charge in [0, 0.05) is 51.5 Å². The minimum absolute atomic E-state index is 0.242. The van der Waals surface area contributed by atoms with Gasteiger partial charge in [0.15, 0.2) is 0 Å². The zero-order chi connectivity index (χ0) is 20.5. The summed E-state index contributed by atoms with van der Waals surface area (Å²) in [5.74, 6) is 0.691. The van der Waals surface area contributed by atoms with Gasteiger partial charge >= 0.3 is 0 Å². The summed E-state index contributed by atoms with van der Waals surface area (Å²) in [5, 5.41) is 14.3. The number of carbonyl (C=O) groups is 1. The first-order valence-electron chi connectivity index (χ1n) is 10.0. The fraction of sp³-hybridized carbons (Fsp3) is 0.600. The zero-order valence-electron chi connectivity index (χ0n) is 16.9. The Labute approximate surface area is 170 Å². The maximum Gasteiger partial charge on any atom is 0.271 e. The van der Waals surface area contributed by atoms with Crippen LogP contribution in [-0.2, 0) is 18.3 Å². The van der Waals surface area contributed by atoms with E-state index in [0.717, 1.165) is 25.5 Å². The number of aliphatic hydroxyl groups is 1. The lowest BCUT2D eigenvalue weighted by molar-refractivity contribution is -0.206. The van der Waals surface area contributed by atoms with E-state index >= 15 is 0 Å². The van der Waals surface area contributed by atoms with E-state index < -0.39 is 17.2 Å². The van der Waals surface area contributed by atoms with E-state index in [-0.39, 0.29) is 11.6 Å². The summed E-state index contributed by atoms with van der Waals surface area (Å²) >= 11 is 0. The minimum atomic E-state index is -0.806. The van der Waals surface area contributed by atoms with Crippen LogP contribution >= 0.6 is 0 Å². The number of aliphatic hydroxyl groups excluding tert-OH is 1. The van der Waals surface area contributed by atoms with Gasteiger partial charge in [-0.05, 0) is 26.2 Å². The van der Waals surface area contributed by atoms with Crippen LogP contribution in [0.15, 0.2) is 31.0 Å². The number of nitrogens with one attached hydrogen (secondary N) is 1. The lowest BCUT2D eigenvalue weighted by Crippen LogP contribution is -2.69. The number of imidazole rings is 1. The van der Waals surface area contributed by atoms with Crippen LogP contribution in [0, 0.1) is 0 Å². The molecule has 2 fully saturated rings. The number of nitrogens with zero attached hydrogens (tertiary/aromatic N) is 5. The van der Waals surface area contributed by atoms with Gasteiger partial charge in [-0.2, -0.15) is 0 Å². The van der Waals surface area contributed by atoms with Crippen molar-refractivity contribution in [2.45, 2.75) is 50.0 Å². The summed E-state index contributed by atoms with van der Waals surface area (Å²) in [4.78, 5) is 27.3. The Kier molecular flexibility index (Phi) is 5.37. The number of ether oxygens (including phenoxy) is 1. The first kappa shape index (κ1) is 19.9. The average molecular weight is 400 g/mol. The number of hydrogen-bond donors (Lipinski definition) is 2. The molecule has 0 aromatic carbocycles. The predicted octanol–water partition coefficient (Wildman–Crippen LogP) is 0.515. The quantitative estimate of drug-likeness (QED) is 0.771. The van der Waals surface area contributed by atoms with Crippen LogP contribution < -0.4 is 5.32 Å². The van der Waals surface area contributed by atoms with Gasteiger partial charge in [0.2, 0.25) is 0 Å². The molecular weight excluding hydrogens is 372 g/mol. The molecular formula is C20H28N6O3. The third-order valence-electron chi connectivity index (χ3n) is 6.30. The van der Waals surface area contributed by atoms with Crippen LogP contribution in [0.5, 0.6) is 0 Å². The molecule has 2 aromatic heterocycles. The maximum atomic E-state index is 12.6. The van der Waals surface area contributed by atoms with Crippen molar-refractivity contribution in [1.29, 1.82) is 0 Å². The lowest BCUT2D eigenvalue weighted by Gasteiger charge is -2.53. The van der Waals surface area contributed by atoms with Crippen molar-refractivity contribution in [2.24, 2.45) is 7.05 Å². The van der Waals surface area contributed by atoms with Crippen LogP contribution in [0.3, 0.4) is 0 Å². The SMILES string of the molecule is Cn1ccnc1CN1CCC2(CC1)OCC[C@](C)(NC(=O)c1cnccn1)[C@H]2O. The van der Waals surface area contributed by atoms with Crippen molar-refractivity contribution in [2.75, 3.05) is 19.7 Å². The first-order chi connectivity index (χ1) is 13.9. The molecule has 0 bridgehead atoms. The van der Waals surface area contributed by atoms with E-state index in [1.165, 1.54) is 18.6 Å². The Bertz CT molecular complexity index is 849. The molecule has 2 saturated heterocycles. The Balaban J connectivity index is 1.42. The molecule has 156 valence electrons. The molecule has 9 heteroatoms. The molecule has 4 heterocycles. The molecule has 1 spiro atoms. The summed E-state index contributed by atoms with van der Waals surface area (Å²) < 4.78 is 8.16. The Hall–Kier alpha value is -2.36. The van der Waals surface area contributed by atoms with E-state index in [0.29, 0.717) is 25.9 Å². The highest BCUT2D eigenvalue weighted by molar-refractivity contribution is 5.92. The summed E-state index contributed by atoms with van der Waals surface area (Å²) in [6.45, 7) is 4.76. The molecule has 1 amide bonds. The van der Waals surface area contributed by atoms with Gasteiger partial charge in [-0.25, -0.2) is 9.97 Å². The summed E-state index contributed by atoms with van der Waals surface area (Å²) in [6.07, 6.45) is 9.32. The smallest absolute Gasteiger partial charge is 0.271 e. The summed E-state index contributed by atoms with van der Waals surface area (Å²) in [5.41, 5.74) is -1.19. The number of amides is 1. The van der Waals surface area contributed by atoms with E-state index in [1.54, 1.807) is 6.20 Å². The van der Waals surface area contributed by atoms with Crippen molar-refractivity contribution < 1.29 is 14.6 Å². The second-order valence-electron chi connectivity index (χ2n) is 8.26. The van der Waals surface area contributed by atoms with Crippen molar-refractivity contribution in [3.8, 4) is 0 Å². The van der Waals surface area contributed by atoms with Crippen LogP contribution in [0.1, 0.15) is 42.5 Å². The molecule has 9 nitrogen and oxygen atoms in total. The monoisotopic (exact) mass is 400 g/mol. The fourth-order valence-corrected chi connectivity index (χ4v) is 4.39. The maximum absolute atomic E-state index is 12.6. The number of aryl methyl sites for hydroxylation is 1. The Morgan fingerprint density at radius 3 is 2.72 bits per heavy atom. The molecule has 2 atom stereocenters. The number of rotatable bonds is 4. The van der Waals surface area contributed by atoms with Crippen molar-refractivity contribution in [1.82, 2.24) is 29.7 Å². The predicted molar refractivity (Wildman–Crippen MR) is 105 cm³/mol. The second kappa shape index (κ2) is 7.81. The Morgan fingerprint density at radius 2 is 2.07 bits per heavy atom. The second-order valence-corrected chi connectivity index (χ2v) is 8.26. The number of aromatic nitrogens is 4. The van der Waals surface area contributed by atoms with Gasteiger partial charge in [0.25, 0.3) is 5.91 Å². The number of hydrogen-bond acceptors (Lipinski definition) is 7. The third-order valence-corrected chi connectivity index (χ3v) is 6.30. The minimum Gasteiger partial charge on any atom is -0.388 e. The van der Waals surface area contributed by atoms with E-state index in [4.69, 9.17) is 4.74 Å². The molecule has 2 N–H and O–H groups in total. The van der Waals surface area contributed by atoms with E-state index in [9.17, 15) is 9.90 Å². The number of piperidine rings is 1. The van der Waals surface area contributed by atoms with Gasteiger partial charge in [0.05, 0.1) is 23.9 Å². The largest absolute Gasteiger partial charge is 0.388 e. The van der Waals surface area contributed by atoms with Crippen LogP contribution in [0.4, 0.5) is 0 Å². The summed E-state index contributed by atoms with van der Waals surface area (Å²) in [6, 6.07) is 0. The first-order valence-corrected chi connectivity index (χ1v) is 10.0.